The summed E-state index contributed by atoms with van der Waals surface area (Å²) in [5.41, 5.74) is 0.192. The van der Waals surface area contributed by atoms with Crippen molar-refractivity contribution in [3.05, 3.63) is 41.2 Å². The predicted molar refractivity (Wildman–Crippen MR) is 139 cm³/mol. The monoisotopic (exact) mass is 612 g/mol. The van der Waals surface area contributed by atoms with Crippen LogP contribution in [0.1, 0.15) is 17.2 Å². The van der Waals surface area contributed by atoms with E-state index in [1.54, 1.807) is 0 Å². The Morgan fingerprint density at radius 2 is 1.60 bits per heavy atom. The number of aromatic hydroxyl groups is 4. The molecule has 0 bridgehead atoms. The molecule has 43 heavy (non-hydrogen) atoms. The predicted octanol–water partition coefficient (Wildman–Crippen LogP) is -1.73. The first-order chi connectivity index (χ1) is 20.4. The van der Waals surface area contributed by atoms with E-state index in [0.29, 0.717) is 0 Å². The normalized spacial score (nSPS) is 34.1. The number of rotatable bonds is 7. The quantitative estimate of drug-likeness (QED) is 0.156. The molecule has 16 nitrogen and oxygen atoms in total. The summed E-state index contributed by atoms with van der Waals surface area (Å²) in [6.07, 6.45) is -14.7. The standard InChI is InChI=1S/C27H32O16/c1-38-16-3-9(2-13(31)19(16)33)24-17(6-11-12(30)4-10(29)5-15(11)40-24)41-27-25(22(36)21(35)18(7-28)42-27)43-26-23(37)20(34)14(32)8-39-26/h2-6,14,18,20-37H,7-8H2,1H3. The van der Waals surface area contributed by atoms with E-state index in [1.807, 2.05) is 0 Å². The highest BCUT2D eigenvalue weighted by Crippen LogP contribution is 2.47. The Labute approximate surface area is 243 Å². The maximum Gasteiger partial charge on any atom is 0.229 e. The van der Waals surface area contributed by atoms with E-state index in [0.717, 1.165) is 12.1 Å². The second-order valence-corrected chi connectivity index (χ2v) is 10.2. The van der Waals surface area contributed by atoms with Crippen molar-refractivity contribution in [2.24, 2.45) is 0 Å². The molecule has 0 radical (unpaired) electrons. The Bertz CT molecular complexity index is 1350. The van der Waals surface area contributed by atoms with Gasteiger partial charge in [0.1, 0.15) is 59.6 Å². The Kier molecular flexibility index (Phi) is 8.75. The van der Waals surface area contributed by atoms with Crippen LogP contribution >= 0.6 is 0 Å². The number of aliphatic hydroxyl groups excluding tert-OH is 6. The topological polar surface area (TPSA) is 258 Å². The fourth-order valence-corrected chi connectivity index (χ4v) is 4.98. The number of phenolic OH excluding ortho intramolecular Hbond substituents is 4. The maximum atomic E-state index is 10.9. The molecule has 10 N–H and O–H groups in total. The minimum atomic E-state index is -1.81. The molecular formula is C27H32O16. The molecule has 236 valence electrons. The summed E-state index contributed by atoms with van der Waals surface area (Å²) < 4.78 is 33.9. The first-order valence-corrected chi connectivity index (χ1v) is 13.1. The van der Waals surface area contributed by atoms with Crippen LogP contribution in [-0.4, -0.2) is 127 Å². The van der Waals surface area contributed by atoms with Gasteiger partial charge < -0.3 is 79.5 Å². The van der Waals surface area contributed by atoms with Gasteiger partial charge in [0, 0.05) is 17.7 Å². The van der Waals surface area contributed by atoms with E-state index < -0.39 is 91.9 Å². The van der Waals surface area contributed by atoms with Crippen LogP contribution in [-0.2, 0) is 18.9 Å². The third kappa shape index (κ3) is 5.84. The van der Waals surface area contributed by atoms with Crippen LogP contribution in [0.3, 0.4) is 0 Å². The average Bonchev–Trinajstić information content (AvgIpc) is 2.97. The van der Waals surface area contributed by atoms with Gasteiger partial charge in [-0.05, 0) is 18.2 Å². The Morgan fingerprint density at radius 3 is 2.30 bits per heavy atom. The molecule has 2 aromatic rings. The van der Waals surface area contributed by atoms with Gasteiger partial charge in [-0.3, -0.25) is 0 Å². The molecule has 5 rings (SSSR count). The highest BCUT2D eigenvalue weighted by molar-refractivity contribution is 5.70. The molecule has 2 fully saturated rings. The van der Waals surface area contributed by atoms with Crippen molar-refractivity contribution in [2.45, 2.75) is 61.4 Å². The summed E-state index contributed by atoms with van der Waals surface area (Å²) in [5, 5.41) is 102. The number of methoxy groups -OCH3 is 1. The lowest BCUT2D eigenvalue weighted by Crippen LogP contribution is -2.63. The fourth-order valence-electron chi connectivity index (χ4n) is 4.98. The molecule has 10 atom stereocenters. The number of fused-ring (bicyclic) bond motifs is 1. The molecule has 3 heterocycles. The maximum absolute atomic E-state index is 10.9. The molecule has 3 aliphatic heterocycles. The van der Waals surface area contributed by atoms with Crippen molar-refractivity contribution in [3.8, 4) is 34.5 Å². The van der Waals surface area contributed by atoms with Crippen LogP contribution in [0.2, 0.25) is 0 Å². The first-order valence-electron chi connectivity index (χ1n) is 13.1. The number of benzene rings is 2. The molecule has 0 aromatic heterocycles. The zero-order valence-corrected chi connectivity index (χ0v) is 22.5. The summed E-state index contributed by atoms with van der Waals surface area (Å²) in [6, 6.07) is 4.70. The molecule has 0 spiro atoms. The number of aliphatic hydroxyl groups is 6. The summed E-state index contributed by atoms with van der Waals surface area (Å²) in [7, 11) is 1.25. The lowest BCUT2D eigenvalue weighted by Gasteiger charge is -2.45. The minimum absolute atomic E-state index is 0.00582. The summed E-state index contributed by atoms with van der Waals surface area (Å²) in [4.78, 5) is 0. The number of ether oxygens (including phenoxy) is 6. The summed E-state index contributed by atoms with van der Waals surface area (Å²) in [6.45, 7) is -1.20. The van der Waals surface area contributed by atoms with Gasteiger partial charge in [0.15, 0.2) is 30.0 Å². The van der Waals surface area contributed by atoms with E-state index in [1.165, 1.54) is 25.3 Å². The Morgan fingerprint density at radius 1 is 0.860 bits per heavy atom. The largest absolute Gasteiger partial charge is 0.508 e. The SMILES string of the molecule is COc1cc(C2Oc3cc(O)cc(O)c3C=C2OC2OC(CO)C(O)C(O)C2OC2OCC(O)C(O)C2O)cc(O)c1O. The van der Waals surface area contributed by atoms with Crippen molar-refractivity contribution >= 4 is 6.08 Å². The summed E-state index contributed by atoms with van der Waals surface area (Å²) >= 11 is 0. The van der Waals surface area contributed by atoms with E-state index in [-0.39, 0.29) is 34.1 Å². The molecule has 0 aliphatic carbocycles. The average molecular weight is 613 g/mol. The van der Waals surface area contributed by atoms with Crippen molar-refractivity contribution < 1.29 is 79.5 Å². The van der Waals surface area contributed by atoms with Crippen molar-refractivity contribution in [2.75, 3.05) is 20.3 Å². The van der Waals surface area contributed by atoms with Crippen molar-refractivity contribution in [1.82, 2.24) is 0 Å². The lowest BCUT2D eigenvalue weighted by molar-refractivity contribution is -0.352. The van der Waals surface area contributed by atoms with Gasteiger partial charge in [0.2, 0.25) is 12.0 Å². The smallest absolute Gasteiger partial charge is 0.229 e. The van der Waals surface area contributed by atoms with Gasteiger partial charge in [-0.25, -0.2) is 0 Å². The molecule has 2 saturated heterocycles. The van der Waals surface area contributed by atoms with Crippen LogP contribution in [0.25, 0.3) is 6.08 Å². The van der Waals surface area contributed by atoms with Crippen LogP contribution in [0.4, 0.5) is 0 Å². The Balaban J connectivity index is 1.54. The fraction of sp³-hybridized carbons (Fsp3) is 0.481. The molecule has 3 aliphatic rings. The molecular weight excluding hydrogens is 580 g/mol. The van der Waals surface area contributed by atoms with Crippen molar-refractivity contribution in [3.63, 3.8) is 0 Å². The zero-order chi connectivity index (χ0) is 31.2. The minimum Gasteiger partial charge on any atom is -0.508 e. The van der Waals surface area contributed by atoms with Crippen LogP contribution in [0.15, 0.2) is 30.0 Å². The van der Waals surface area contributed by atoms with E-state index in [9.17, 15) is 51.1 Å². The second-order valence-electron chi connectivity index (χ2n) is 10.2. The Hall–Kier alpha value is -3.58. The number of hydrogen-bond acceptors (Lipinski definition) is 16. The van der Waals surface area contributed by atoms with Crippen molar-refractivity contribution in [1.29, 1.82) is 0 Å². The van der Waals surface area contributed by atoms with Gasteiger partial charge >= 0.3 is 0 Å². The van der Waals surface area contributed by atoms with Gasteiger partial charge in [-0.15, -0.1) is 0 Å². The van der Waals surface area contributed by atoms with Gasteiger partial charge in [0.25, 0.3) is 0 Å². The third-order valence-electron chi connectivity index (χ3n) is 7.32. The lowest BCUT2D eigenvalue weighted by atomic mass is 9.97. The molecule has 16 heteroatoms. The van der Waals surface area contributed by atoms with E-state index >= 15 is 0 Å². The summed E-state index contributed by atoms with van der Waals surface area (Å²) in [5.74, 6) is -2.18. The van der Waals surface area contributed by atoms with E-state index in [4.69, 9.17) is 28.4 Å². The number of phenols is 4. The molecule has 10 unspecified atom stereocenters. The van der Waals surface area contributed by atoms with Gasteiger partial charge in [0.05, 0.1) is 25.9 Å². The molecule has 0 amide bonds. The van der Waals surface area contributed by atoms with Crippen LogP contribution in [0, 0.1) is 0 Å². The highest BCUT2D eigenvalue weighted by Gasteiger charge is 2.50. The first kappa shape index (κ1) is 30.9. The highest BCUT2D eigenvalue weighted by atomic mass is 16.8. The van der Waals surface area contributed by atoms with Crippen LogP contribution < -0.4 is 9.47 Å². The van der Waals surface area contributed by atoms with Crippen LogP contribution in [0.5, 0.6) is 34.5 Å². The number of hydrogen-bond donors (Lipinski definition) is 10. The molecule has 2 aromatic carbocycles. The molecule has 0 saturated carbocycles. The van der Waals surface area contributed by atoms with Gasteiger partial charge in [-0.1, -0.05) is 0 Å². The van der Waals surface area contributed by atoms with Gasteiger partial charge in [-0.2, -0.15) is 0 Å². The second kappa shape index (κ2) is 12.2. The third-order valence-corrected chi connectivity index (χ3v) is 7.32. The zero-order valence-electron chi connectivity index (χ0n) is 22.5. The van der Waals surface area contributed by atoms with E-state index in [2.05, 4.69) is 0 Å².